The number of likely N-dealkylation sites (tertiary alicyclic amines) is 1. The second-order valence-electron chi connectivity index (χ2n) is 20.0. The molecule has 3 aromatic carbocycles. The summed E-state index contributed by atoms with van der Waals surface area (Å²) < 4.78 is 15.9. The van der Waals surface area contributed by atoms with Gasteiger partial charge in [-0.2, -0.15) is 0 Å². The van der Waals surface area contributed by atoms with Gasteiger partial charge in [-0.1, -0.05) is 54.8 Å². The van der Waals surface area contributed by atoms with Crippen LogP contribution >= 0.6 is 11.3 Å². The molecule has 21 heteroatoms. The second kappa shape index (κ2) is 26.4. The number of carbonyl (C=O) groups is 4. The first-order valence-corrected chi connectivity index (χ1v) is 27.8. The van der Waals surface area contributed by atoms with Gasteiger partial charge in [0.1, 0.15) is 52.6 Å². The van der Waals surface area contributed by atoms with E-state index in [0.29, 0.717) is 71.8 Å². The van der Waals surface area contributed by atoms with Gasteiger partial charge >= 0.3 is 0 Å². The quantitative estimate of drug-likeness (QED) is 0.0315. The summed E-state index contributed by atoms with van der Waals surface area (Å²) in [6.07, 6.45) is 14.3. The first-order chi connectivity index (χ1) is 38.0. The highest BCUT2D eigenvalue weighted by Gasteiger charge is 2.40. The Bertz CT molecular complexity index is 3140. The molecule has 9 rings (SSSR count). The van der Waals surface area contributed by atoms with Crippen LogP contribution in [0.5, 0.6) is 11.5 Å². The van der Waals surface area contributed by atoms with Gasteiger partial charge in [-0.25, -0.2) is 15.0 Å². The van der Waals surface area contributed by atoms with E-state index in [1.807, 2.05) is 72.1 Å². The molecule has 0 bridgehead atoms. The number of aryl methyl sites for hydroxylation is 1. The highest BCUT2D eigenvalue weighted by atomic mass is 32.1. The molecule has 2 fully saturated rings. The van der Waals surface area contributed by atoms with Crippen LogP contribution in [-0.2, 0) is 36.3 Å². The molecule has 5 heterocycles. The van der Waals surface area contributed by atoms with Gasteiger partial charge in [0.2, 0.25) is 17.6 Å². The van der Waals surface area contributed by atoms with Gasteiger partial charge in [0, 0.05) is 48.5 Å². The number of rotatable bonds is 25. The van der Waals surface area contributed by atoms with Crippen molar-refractivity contribution < 1.29 is 28.7 Å². The molecule has 0 unspecified atom stereocenters. The van der Waals surface area contributed by atoms with Crippen molar-refractivity contribution in [1.82, 2.24) is 65.6 Å². The Labute approximate surface area is 458 Å². The number of unbranched alkanes of at least 4 members (excludes halogenated alkanes) is 2. The maximum absolute atomic E-state index is 14.2. The third kappa shape index (κ3) is 14.0. The van der Waals surface area contributed by atoms with Crippen LogP contribution in [0.15, 0.2) is 103 Å². The topological polar surface area (TPSA) is 238 Å². The van der Waals surface area contributed by atoms with Crippen LogP contribution in [0.3, 0.4) is 0 Å². The maximum atomic E-state index is 14.2. The zero-order valence-corrected chi connectivity index (χ0v) is 45.5. The number of anilines is 1. The molecule has 78 heavy (non-hydrogen) atoms. The summed E-state index contributed by atoms with van der Waals surface area (Å²) >= 11 is 1.39. The second-order valence-corrected chi connectivity index (χ2v) is 20.9. The van der Waals surface area contributed by atoms with E-state index in [0.717, 1.165) is 86.2 Å². The molecule has 4 atom stereocenters. The number of aromatic nitrogens is 9. The van der Waals surface area contributed by atoms with Crippen molar-refractivity contribution in [3.63, 3.8) is 0 Å². The smallest absolute Gasteiger partial charge is 0.251 e. The summed E-state index contributed by atoms with van der Waals surface area (Å²) in [5, 5.41) is 32.2. The molecule has 0 radical (unpaired) electrons. The standard InChI is InChI=1S/C57H68N14O6S/c1-37(62-55(74)42-19-11-20-43(29-42)60-32-50-66-67-53(69(50)4)47-24-25-59-36-61-47)40-17-12-21-45(30-40)76-28-10-6-9-26-70-33-44(65-68-70)34-77-46-22-13-18-41(31-46)52(72)48-35-78-56(63-48)49-23-14-27-71(49)57(75)51(39-15-7-5-8-16-39)64-54(73)38(2)58-3/h11-13,17-22,24-25,29-31,33,35-39,49,51,58,60H,5-10,14-16,23,26-28,32,34H2,1-4H3,(H,62,74)(H,64,73)/t37-,38+,49+,51+/m1/s1. The minimum absolute atomic E-state index is 0.0625. The summed E-state index contributed by atoms with van der Waals surface area (Å²) in [7, 11) is 3.62. The normalized spacial score (nSPS) is 15.8. The van der Waals surface area contributed by atoms with Crippen LogP contribution in [0, 0.1) is 5.92 Å². The van der Waals surface area contributed by atoms with Gasteiger partial charge in [0.05, 0.1) is 37.5 Å². The molecule has 4 N–H and O–H groups in total. The number of nitrogens with one attached hydrogen (secondary N) is 4. The van der Waals surface area contributed by atoms with Gasteiger partial charge < -0.3 is 40.2 Å². The lowest BCUT2D eigenvalue weighted by Crippen LogP contribution is -2.55. The van der Waals surface area contributed by atoms with E-state index in [1.165, 1.54) is 17.7 Å². The highest BCUT2D eigenvalue weighted by Crippen LogP contribution is 2.37. The van der Waals surface area contributed by atoms with Gasteiger partial charge in [-0.15, -0.1) is 26.6 Å². The van der Waals surface area contributed by atoms with Crippen LogP contribution in [-0.4, -0.2) is 105 Å². The summed E-state index contributed by atoms with van der Waals surface area (Å²) in [4.78, 5) is 69.3. The molecule has 3 amide bonds. The highest BCUT2D eigenvalue weighted by molar-refractivity contribution is 7.10. The van der Waals surface area contributed by atoms with E-state index in [9.17, 15) is 19.2 Å². The van der Waals surface area contributed by atoms with E-state index < -0.39 is 12.1 Å². The number of likely N-dealkylation sites (N-methyl/N-ethyl adjacent to an activating group) is 1. The fraction of sp³-hybridized carbons (Fsp3) is 0.421. The minimum atomic E-state index is -0.588. The zero-order chi connectivity index (χ0) is 54.4. The van der Waals surface area contributed by atoms with Gasteiger partial charge in [-0.3, -0.25) is 23.9 Å². The fourth-order valence-corrected chi connectivity index (χ4v) is 10.9. The molecule has 4 aromatic heterocycles. The number of thiazole rings is 1. The number of benzene rings is 3. The molecule has 1 aliphatic carbocycles. The van der Waals surface area contributed by atoms with E-state index in [4.69, 9.17) is 14.5 Å². The van der Waals surface area contributed by atoms with Gasteiger partial charge in [0.15, 0.2) is 11.6 Å². The Balaban J connectivity index is 0.686. The van der Waals surface area contributed by atoms with E-state index in [2.05, 4.69) is 51.7 Å². The Morgan fingerprint density at radius 1 is 0.833 bits per heavy atom. The van der Waals surface area contributed by atoms with Crippen molar-refractivity contribution in [2.45, 2.75) is 122 Å². The van der Waals surface area contributed by atoms with Gasteiger partial charge in [0.25, 0.3) is 5.91 Å². The summed E-state index contributed by atoms with van der Waals surface area (Å²) in [6.45, 7) is 6.14. The number of carbonyl (C=O) groups excluding carboxylic acids is 4. The number of hydrogen-bond donors (Lipinski definition) is 4. The maximum Gasteiger partial charge on any atom is 0.251 e. The lowest BCUT2D eigenvalue weighted by Gasteiger charge is -2.35. The molecule has 1 saturated carbocycles. The summed E-state index contributed by atoms with van der Waals surface area (Å²) in [5.74, 6) is 2.04. The zero-order valence-electron chi connectivity index (χ0n) is 44.6. The summed E-state index contributed by atoms with van der Waals surface area (Å²) in [5.41, 5.74) is 4.35. The van der Waals surface area contributed by atoms with Gasteiger partial charge in [-0.05, 0) is 126 Å². The van der Waals surface area contributed by atoms with Crippen LogP contribution < -0.4 is 30.7 Å². The predicted molar refractivity (Wildman–Crippen MR) is 295 cm³/mol. The fourth-order valence-electron chi connectivity index (χ4n) is 9.91. The van der Waals surface area contributed by atoms with Crippen molar-refractivity contribution in [3.05, 3.63) is 142 Å². The van der Waals surface area contributed by atoms with Crippen LogP contribution in [0.1, 0.15) is 139 Å². The Morgan fingerprint density at radius 2 is 1.64 bits per heavy atom. The predicted octanol–water partition coefficient (Wildman–Crippen LogP) is 7.82. The van der Waals surface area contributed by atoms with Crippen LogP contribution in [0.25, 0.3) is 11.5 Å². The first kappa shape index (κ1) is 54.9. The monoisotopic (exact) mass is 1080 g/mol. The number of nitrogens with zero attached hydrogens (tertiary/aromatic N) is 10. The van der Waals surface area contributed by atoms with Crippen molar-refractivity contribution in [2.75, 3.05) is 25.5 Å². The molecule has 20 nitrogen and oxygen atoms in total. The summed E-state index contributed by atoms with van der Waals surface area (Å²) in [6, 6.07) is 22.4. The number of ether oxygens (including phenoxy) is 2. The average Bonchev–Trinajstić information content (AvgIpc) is 4.36. The van der Waals surface area contributed by atoms with E-state index >= 15 is 0 Å². The van der Waals surface area contributed by atoms with E-state index in [1.54, 1.807) is 66.6 Å². The number of hydrogen-bond acceptors (Lipinski definition) is 16. The van der Waals surface area contributed by atoms with Crippen molar-refractivity contribution in [2.24, 2.45) is 13.0 Å². The largest absolute Gasteiger partial charge is 0.494 e. The van der Waals surface area contributed by atoms with Crippen molar-refractivity contribution in [1.29, 1.82) is 0 Å². The third-order valence-electron chi connectivity index (χ3n) is 14.5. The molecule has 7 aromatic rings. The molecular weight excluding hydrogens is 1010 g/mol. The van der Waals surface area contributed by atoms with Crippen LogP contribution in [0.2, 0.25) is 0 Å². The Morgan fingerprint density at radius 3 is 2.46 bits per heavy atom. The number of amides is 3. The molecule has 1 aliphatic heterocycles. The molecule has 0 spiro atoms. The Kier molecular flexibility index (Phi) is 18.6. The van der Waals surface area contributed by atoms with Crippen LogP contribution in [0.4, 0.5) is 5.69 Å². The average molecular weight is 1080 g/mol. The third-order valence-corrected chi connectivity index (χ3v) is 15.5. The van der Waals surface area contributed by atoms with Crippen molar-refractivity contribution in [3.8, 4) is 23.0 Å². The SMILES string of the molecule is CN[C@@H](C)C(=O)N[C@H](C(=O)N1CCC[C@H]1c1nc(C(=O)c2cccc(OCc3cn(CCCCCOc4cccc([C@@H](C)NC(=O)c5cccc(NCc6nnc(-c7ccncn7)n6C)c5)c4)nn3)c2)cs1)C1CCCCC1. The lowest BCUT2D eigenvalue weighted by atomic mass is 9.83. The molecule has 2 aliphatic rings. The molecule has 408 valence electrons. The first-order valence-electron chi connectivity index (χ1n) is 26.9. The molecular formula is C57H68N14O6S. The molecule has 1 saturated heterocycles. The lowest BCUT2D eigenvalue weighted by molar-refractivity contribution is -0.139. The minimum Gasteiger partial charge on any atom is -0.494 e. The van der Waals surface area contributed by atoms with Crippen molar-refractivity contribution >= 4 is 40.5 Å². The van der Waals surface area contributed by atoms with E-state index in [-0.39, 0.29) is 48.1 Å². The Hall–Kier alpha value is -7.91. The number of ketones is 1.